The highest BCUT2D eigenvalue weighted by Gasteiger charge is 2.12. The first-order valence-corrected chi connectivity index (χ1v) is 12.4. The van der Waals surface area contributed by atoms with E-state index in [2.05, 4.69) is 42.4 Å². The maximum Gasteiger partial charge on any atom is 0.271 e. The Bertz CT molecular complexity index is 1240. The number of benzene rings is 3. The highest BCUT2D eigenvalue weighted by atomic mass is 79.9. The van der Waals surface area contributed by atoms with Gasteiger partial charge >= 0.3 is 0 Å². The Kier molecular flexibility index (Phi) is 9.83. The fourth-order valence-corrected chi connectivity index (χ4v) is 4.48. The summed E-state index contributed by atoms with van der Waals surface area (Å²) in [5.41, 5.74) is 4.39. The first kappa shape index (κ1) is 27.2. The minimum absolute atomic E-state index is 0.0222. The molecule has 0 aromatic heterocycles. The molecule has 0 saturated heterocycles. The third-order valence-electron chi connectivity index (χ3n) is 4.82. The van der Waals surface area contributed by atoms with Crippen molar-refractivity contribution in [2.24, 2.45) is 5.10 Å². The number of methoxy groups -OCH3 is 1. The first-order valence-electron chi connectivity index (χ1n) is 10.8. The normalized spacial score (nSPS) is 10.8. The van der Waals surface area contributed by atoms with Crippen LogP contribution in [0, 0.1) is 10.1 Å². The number of amides is 1. The Labute approximate surface area is 224 Å². The molecule has 3 aromatic rings. The summed E-state index contributed by atoms with van der Waals surface area (Å²) < 4.78 is 18.1. The van der Waals surface area contributed by atoms with Crippen LogP contribution >= 0.6 is 31.9 Å². The van der Waals surface area contributed by atoms with E-state index in [4.69, 9.17) is 14.2 Å². The molecule has 36 heavy (non-hydrogen) atoms. The molecule has 9 nitrogen and oxygen atoms in total. The number of nitrogens with zero attached hydrogens (tertiary/aromatic N) is 2. The van der Waals surface area contributed by atoms with E-state index in [0.29, 0.717) is 43.9 Å². The number of carbonyl (C=O) groups excluding carboxylic acids is 1. The largest absolute Gasteiger partial charge is 0.493 e. The lowest BCUT2D eigenvalue weighted by atomic mass is 10.2. The van der Waals surface area contributed by atoms with Gasteiger partial charge in [-0.25, -0.2) is 5.43 Å². The van der Waals surface area contributed by atoms with Crippen molar-refractivity contribution in [3.8, 4) is 17.2 Å². The van der Waals surface area contributed by atoms with Crippen LogP contribution in [0.2, 0.25) is 0 Å². The minimum Gasteiger partial charge on any atom is -0.493 e. The van der Waals surface area contributed by atoms with E-state index in [9.17, 15) is 14.9 Å². The lowest BCUT2D eigenvalue weighted by Gasteiger charge is -2.11. The molecule has 0 spiro atoms. The van der Waals surface area contributed by atoms with Crippen LogP contribution in [0.15, 0.2) is 68.6 Å². The van der Waals surface area contributed by atoms with Crippen LogP contribution in [0.1, 0.15) is 34.8 Å². The van der Waals surface area contributed by atoms with Crippen LogP contribution in [0.25, 0.3) is 0 Å². The maximum absolute atomic E-state index is 12.5. The number of nitrogens with one attached hydrogen (secondary N) is 1. The summed E-state index contributed by atoms with van der Waals surface area (Å²) in [7, 11) is 1.52. The summed E-state index contributed by atoms with van der Waals surface area (Å²) in [5.74, 6) is 1.21. The highest BCUT2D eigenvalue weighted by Crippen LogP contribution is 2.35. The molecule has 1 amide bonds. The van der Waals surface area contributed by atoms with Crippen molar-refractivity contribution in [2.45, 2.75) is 20.0 Å². The predicted octanol–water partition coefficient (Wildman–Crippen LogP) is 6.26. The quantitative estimate of drug-likeness (QED) is 0.154. The van der Waals surface area contributed by atoms with E-state index >= 15 is 0 Å². The Balaban J connectivity index is 1.62. The van der Waals surface area contributed by atoms with Crippen LogP contribution in [-0.4, -0.2) is 30.8 Å². The lowest BCUT2D eigenvalue weighted by Crippen LogP contribution is -2.17. The molecule has 0 saturated carbocycles. The van der Waals surface area contributed by atoms with E-state index in [1.54, 1.807) is 42.5 Å². The molecule has 0 unspecified atom stereocenters. The van der Waals surface area contributed by atoms with E-state index in [-0.39, 0.29) is 12.3 Å². The molecule has 0 atom stereocenters. The van der Waals surface area contributed by atoms with Gasteiger partial charge in [0.05, 0.1) is 33.8 Å². The van der Waals surface area contributed by atoms with Gasteiger partial charge < -0.3 is 14.2 Å². The van der Waals surface area contributed by atoms with Crippen LogP contribution in [0.5, 0.6) is 17.2 Å². The summed E-state index contributed by atoms with van der Waals surface area (Å²) in [5, 5.41) is 14.8. The molecule has 0 fully saturated rings. The van der Waals surface area contributed by atoms with Gasteiger partial charge in [0.1, 0.15) is 12.4 Å². The molecule has 0 aliphatic rings. The van der Waals surface area contributed by atoms with Gasteiger partial charge in [-0.05, 0) is 91.9 Å². The number of nitro benzene ring substituents is 1. The average Bonchev–Trinajstić information content (AvgIpc) is 2.87. The Hall–Kier alpha value is -3.44. The highest BCUT2D eigenvalue weighted by molar-refractivity contribution is 9.11. The lowest BCUT2D eigenvalue weighted by molar-refractivity contribution is -0.384. The second kappa shape index (κ2) is 13.0. The molecule has 3 rings (SSSR count). The van der Waals surface area contributed by atoms with E-state index in [1.165, 1.54) is 25.5 Å². The Morgan fingerprint density at radius 2 is 1.75 bits per heavy atom. The van der Waals surface area contributed by atoms with Gasteiger partial charge in [-0.2, -0.15) is 5.10 Å². The molecule has 3 aromatic carbocycles. The topological polar surface area (TPSA) is 112 Å². The summed E-state index contributed by atoms with van der Waals surface area (Å²) >= 11 is 6.96. The van der Waals surface area contributed by atoms with Crippen LogP contribution in [-0.2, 0) is 6.61 Å². The van der Waals surface area contributed by atoms with Gasteiger partial charge in [-0.15, -0.1) is 0 Å². The number of hydrogen-bond acceptors (Lipinski definition) is 7. The van der Waals surface area contributed by atoms with Crippen LogP contribution in [0.3, 0.4) is 0 Å². The zero-order valence-electron chi connectivity index (χ0n) is 19.5. The summed E-state index contributed by atoms with van der Waals surface area (Å²) in [6.07, 6.45) is 2.36. The zero-order chi connectivity index (χ0) is 26.1. The number of hydrogen-bond donors (Lipinski definition) is 1. The van der Waals surface area contributed by atoms with Gasteiger partial charge in [0.25, 0.3) is 11.6 Å². The number of carbonyl (C=O) groups is 1. The molecule has 0 aliphatic heterocycles. The summed E-state index contributed by atoms with van der Waals surface area (Å²) in [4.78, 5) is 22.8. The SMILES string of the molecule is CCCOc1ccc(C(=O)N/N=C/c2cc(Br)c(OCc3ccc([N+](=O)[O-])cc3)c(Br)c2)cc1OC. The van der Waals surface area contributed by atoms with Crippen LogP contribution < -0.4 is 19.6 Å². The minimum atomic E-state index is -0.448. The third kappa shape index (κ3) is 7.28. The van der Waals surface area contributed by atoms with E-state index < -0.39 is 10.8 Å². The number of ether oxygens (including phenoxy) is 3. The van der Waals surface area contributed by atoms with Crippen molar-refractivity contribution in [3.05, 3.63) is 90.3 Å². The molecule has 11 heteroatoms. The predicted molar refractivity (Wildman–Crippen MR) is 143 cm³/mol. The molecule has 0 heterocycles. The molecule has 0 bridgehead atoms. The molecule has 0 aliphatic carbocycles. The van der Waals surface area contributed by atoms with Crippen molar-refractivity contribution in [3.63, 3.8) is 0 Å². The number of halogens is 2. The fourth-order valence-electron chi connectivity index (χ4n) is 3.03. The van der Waals surface area contributed by atoms with Gasteiger partial charge in [-0.3, -0.25) is 14.9 Å². The monoisotopic (exact) mass is 619 g/mol. The van der Waals surface area contributed by atoms with E-state index in [0.717, 1.165) is 12.0 Å². The van der Waals surface area contributed by atoms with Crippen molar-refractivity contribution in [2.75, 3.05) is 13.7 Å². The second-order valence-corrected chi connectivity index (χ2v) is 9.15. The Morgan fingerprint density at radius 1 is 1.06 bits per heavy atom. The van der Waals surface area contributed by atoms with Gasteiger partial charge in [0.2, 0.25) is 0 Å². The second-order valence-electron chi connectivity index (χ2n) is 7.44. The van der Waals surface area contributed by atoms with Crippen molar-refractivity contribution in [1.29, 1.82) is 0 Å². The van der Waals surface area contributed by atoms with E-state index in [1.807, 2.05) is 6.92 Å². The zero-order valence-corrected chi connectivity index (χ0v) is 22.7. The summed E-state index contributed by atoms with van der Waals surface area (Å²) in [6.45, 7) is 2.79. The number of rotatable bonds is 11. The molecular weight excluding hydrogens is 598 g/mol. The van der Waals surface area contributed by atoms with Gasteiger partial charge in [0, 0.05) is 17.7 Å². The van der Waals surface area contributed by atoms with Crippen molar-refractivity contribution >= 4 is 49.7 Å². The molecule has 0 radical (unpaired) electrons. The number of nitro groups is 1. The Morgan fingerprint density at radius 3 is 2.36 bits per heavy atom. The number of hydrazone groups is 1. The molecule has 1 N–H and O–H groups in total. The molecular formula is C25H23Br2N3O6. The standard InChI is InChI=1S/C25H23Br2N3O6/c1-3-10-35-22-9-6-18(13-23(22)34-2)25(31)29-28-14-17-11-20(26)24(21(27)12-17)36-15-16-4-7-19(8-5-16)30(32)33/h4-9,11-14H,3,10,15H2,1-2H3,(H,29,31)/b28-14+. The van der Waals surface area contributed by atoms with Crippen LogP contribution in [0.4, 0.5) is 5.69 Å². The third-order valence-corrected chi connectivity index (χ3v) is 6.00. The molecule has 188 valence electrons. The first-order chi connectivity index (χ1) is 17.3. The average molecular weight is 621 g/mol. The maximum atomic E-state index is 12.5. The van der Waals surface area contributed by atoms with Gasteiger partial charge in [-0.1, -0.05) is 6.92 Å². The summed E-state index contributed by atoms with van der Waals surface area (Å²) in [6, 6.07) is 14.7. The van der Waals surface area contributed by atoms with Gasteiger partial charge in [0.15, 0.2) is 11.5 Å². The fraction of sp³-hybridized carbons (Fsp3) is 0.200. The smallest absolute Gasteiger partial charge is 0.271 e. The number of non-ortho nitro benzene ring substituents is 1. The van der Waals surface area contributed by atoms with Crippen molar-refractivity contribution < 1.29 is 23.9 Å². The van der Waals surface area contributed by atoms with Crippen molar-refractivity contribution in [1.82, 2.24) is 5.43 Å².